The van der Waals surface area contributed by atoms with E-state index in [-0.39, 0.29) is 6.61 Å². The highest BCUT2D eigenvalue weighted by Gasteiger charge is 2.01. The van der Waals surface area contributed by atoms with Crippen molar-refractivity contribution in [3.63, 3.8) is 0 Å². The summed E-state index contributed by atoms with van der Waals surface area (Å²) in [7, 11) is 1.48. The van der Waals surface area contributed by atoms with Gasteiger partial charge in [0.05, 0.1) is 0 Å². The maximum atomic E-state index is 8.75. The van der Waals surface area contributed by atoms with Gasteiger partial charge in [0.15, 0.2) is 6.29 Å². The Kier molecular flexibility index (Phi) is 28.2. The van der Waals surface area contributed by atoms with E-state index in [1.807, 2.05) is 6.92 Å². The van der Waals surface area contributed by atoms with Crippen LogP contribution in [0.4, 0.5) is 0 Å². The van der Waals surface area contributed by atoms with Crippen molar-refractivity contribution < 1.29 is 20.1 Å². The van der Waals surface area contributed by atoms with E-state index in [1.54, 1.807) is 6.92 Å². The minimum absolute atomic E-state index is 0.250. The Morgan fingerprint density at radius 3 is 1.67 bits per heavy atom. The highest BCUT2D eigenvalue weighted by molar-refractivity contribution is 4.53. The van der Waals surface area contributed by atoms with Gasteiger partial charge in [-0.25, -0.2) is 0 Å². The quantitative estimate of drug-likeness (QED) is 0.619. The van der Waals surface area contributed by atoms with Gasteiger partial charge in [-0.2, -0.15) is 0 Å². The topological polar surface area (TPSA) is 69.9 Å². The summed E-state index contributed by atoms with van der Waals surface area (Å²) in [6.45, 7) is 8.48. The van der Waals surface area contributed by atoms with Crippen LogP contribution < -0.4 is 0 Å². The van der Waals surface area contributed by atoms with Crippen molar-refractivity contribution in [2.45, 2.75) is 66.1 Å². The monoisotopic (exact) mass is 266 g/mol. The Balaban J connectivity index is -0.000000216. The number of hydrogen-bond acceptors (Lipinski definition) is 4. The van der Waals surface area contributed by atoms with Crippen LogP contribution in [0.5, 0.6) is 0 Å². The molecule has 0 spiro atoms. The molecule has 0 aliphatic rings. The second-order valence-electron chi connectivity index (χ2n) is 4.01. The molecule has 3 N–H and O–H groups in total. The average molecular weight is 266 g/mol. The molecule has 0 amide bonds. The molecule has 0 saturated heterocycles. The van der Waals surface area contributed by atoms with Crippen LogP contribution in [0.1, 0.15) is 59.8 Å². The average Bonchev–Trinajstić information content (AvgIpc) is 2.40. The molecule has 4 nitrogen and oxygen atoms in total. The van der Waals surface area contributed by atoms with Gasteiger partial charge in [0.1, 0.15) is 0 Å². The van der Waals surface area contributed by atoms with Crippen molar-refractivity contribution in [1.29, 1.82) is 0 Å². The van der Waals surface area contributed by atoms with E-state index in [2.05, 4.69) is 18.6 Å². The number of methoxy groups -OCH3 is 1. The van der Waals surface area contributed by atoms with Crippen molar-refractivity contribution in [2.24, 2.45) is 5.92 Å². The largest absolute Gasteiger partial charge is 0.397 e. The Morgan fingerprint density at radius 1 is 1.00 bits per heavy atom. The molecular weight excluding hydrogens is 232 g/mol. The summed E-state index contributed by atoms with van der Waals surface area (Å²) in [6, 6.07) is 0. The van der Waals surface area contributed by atoms with E-state index < -0.39 is 6.29 Å². The highest BCUT2D eigenvalue weighted by Crippen LogP contribution is 2.10. The number of ether oxygens (including phenoxy) is 1. The van der Waals surface area contributed by atoms with Crippen molar-refractivity contribution in [3.8, 4) is 0 Å². The molecule has 0 fully saturated rings. The first-order valence-electron chi connectivity index (χ1n) is 7.00. The van der Waals surface area contributed by atoms with Crippen LogP contribution in [0.2, 0.25) is 0 Å². The molecule has 0 aliphatic carbocycles. The van der Waals surface area contributed by atoms with Gasteiger partial charge in [-0.3, -0.25) is 0 Å². The van der Waals surface area contributed by atoms with E-state index in [4.69, 9.17) is 15.3 Å². The molecule has 18 heavy (non-hydrogen) atoms. The van der Waals surface area contributed by atoms with Crippen LogP contribution >= 0.6 is 0 Å². The molecule has 114 valence electrons. The Labute approximate surface area is 113 Å². The molecule has 4 heteroatoms. The van der Waals surface area contributed by atoms with E-state index >= 15 is 0 Å². The number of aliphatic hydroxyl groups is 3. The summed E-state index contributed by atoms with van der Waals surface area (Å²) in [5.74, 6) is 0.560. The number of rotatable bonds is 7. The summed E-state index contributed by atoms with van der Waals surface area (Å²) < 4.78 is 4.45. The maximum absolute atomic E-state index is 8.75. The van der Waals surface area contributed by atoms with Crippen LogP contribution in [0, 0.1) is 5.92 Å². The predicted molar refractivity (Wildman–Crippen MR) is 76.5 cm³/mol. The second kappa shape index (κ2) is 22.1. The number of hydrogen-bond donors (Lipinski definition) is 3. The molecule has 0 aromatic heterocycles. The van der Waals surface area contributed by atoms with Crippen molar-refractivity contribution in [1.82, 2.24) is 0 Å². The summed E-state index contributed by atoms with van der Waals surface area (Å²) in [4.78, 5) is 0. The van der Waals surface area contributed by atoms with Crippen LogP contribution in [0.3, 0.4) is 0 Å². The van der Waals surface area contributed by atoms with Crippen LogP contribution in [0.15, 0.2) is 0 Å². The third kappa shape index (κ3) is 24.9. The fourth-order valence-electron chi connectivity index (χ4n) is 1.08. The van der Waals surface area contributed by atoms with Crippen LogP contribution in [-0.4, -0.2) is 41.9 Å². The van der Waals surface area contributed by atoms with Crippen molar-refractivity contribution in [2.75, 3.05) is 20.3 Å². The van der Waals surface area contributed by atoms with Crippen LogP contribution in [-0.2, 0) is 4.74 Å². The zero-order chi connectivity index (χ0) is 14.8. The normalized spacial score (nSPS) is 12.7. The lowest BCUT2D eigenvalue weighted by Gasteiger charge is -2.08. The first kappa shape index (κ1) is 23.0. The molecule has 0 aromatic rings. The van der Waals surface area contributed by atoms with E-state index in [0.29, 0.717) is 18.9 Å². The Bertz CT molecular complexity index is 112. The summed E-state index contributed by atoms with van der Waals surface area (Å²) >= 11 is 0. The van der Waals surface area contributed by atoms with E-state index in [9.17, 15) is 0 Å². The minimum atomic E-state index is -0.565. The van der Waals surface area contributed by atoms with Gasteiger partial charge >= 0.3 is 0 Å². The highest BCUT2D eigenvalue weighted by atomic mass is 16.6. The summed E-state index contributed by atoms with van der Waals surface area (Å²) in [5.41, 5.74) is 0. The zero-order valence-corrected chi connectivity index (χ0v) is 12.9. The van der Waals surface area contributed by atoms with E-state index in [1.165, 1.54) is 26.4 Å². The SMILES string of the molecule is CCC(O)OC.CCCCC(CC)CO.CCO. The standard InChI is InChI=1S/C8H18O.C4H10O2.C2H6O/c1-3-5-6-8(4-2)7-9;1-3-4(5)6-2;1-2-3/h8-9H,3-7H2,1-2H3;4-5H,3H2,1-2H3;3H,2H2,1H3. The van der Waals surface area contributed by atoms with Gasteiger partial charge in [0.2, 0.25) is 0 Å². The first-order chi connectivity index (χ1) is 8.57. The molecule has 0 heterocycles. The minimum Gasteiger partial charge on any atom is -0.397 e. The number of aliphatic hydroxyl groups excluding tert-OH is 3. The Hall–Kier alpha value is -0.160. The van der Waals surface area contributed by atoms with Gasteiger partial charge < -0.3 is 20.1 Å². The summed E-state index contributed by atoms with van der Waals surface area (Å²) in [5, 5.41) is 24.8. The fraction of sp³-hybridized carbons (Fsp3) is 1.00. The van der Waals surface area contributed by atoms with Gasteiger partial charge in [0, 0.05) is 20.3 Å². The van der Waals surface area contributed by atoms with Gasteiger partial charge in [0.25, 0.3) is 0 Å². The smallest absolute Gasteiger partial charge is 0.153 e. The number of unbranched alkanes of at least 4 members (excludes halogenated alkanes) is 1. The summed E-state index contributed by atoms with van der Waals surface area (Å²) in [6.07, 6.45) is 4.93. The molecule has 0 aliphatic heterocycles. The zero-order valence-electron chi connectivity index (χ0n) is 12.9. The molecule has 0 saturated carbocycles. The maximum Gasteiger partial charge on any atom is 0.153 e. The Morgan fingerprint density at radius 2 is 1.50 bits per heavy atom. The lowest BCUT2D eigenvalue weighted by Crippen LogP contribution is -2.05. The van der Waals surface area contributed by atoms with Crippen molar-refractivity contribution >= 4 is 0 Å². The molecule has 0 aromatic carbocycles. The lowest BCUT2D eigenvalue weighted by atomic mass is 10.0. The fourth-order valence-corrected chi connectivity index (χ4v) is 1.08. The van der Waals surface area contributed by atoms with Gasteiger partial charge in [-0.05, 0) is 25.7 Å². The van der Waals surface area contributed by atoms with Gasteiger partial charge in [-0.15, -0.1) is 0 Å². The van der Waals surface area contributed by atoms with Crippen LogP contribution in [0.25, 0.3) is 0 Å². The predicted octanol–water partition coefficient (Wildman–Crippen LogP) is 2.55. The third-order valence-electron chi connectivity index (χ3n) is 2.42. The first-order valence-corrected chi connectivity index (χ1v) is 7.00. The molecule has 0 rings (SSSR count). The molecule has 0 bridgehead atoms. The molecular formula is C14H34O4. The molecule has 2 atom stereocenters. The lowest BCUT2D eigenvalue weighted by molar-refractivity contribution is -0.0748. The second-order valence-corrected chi connectivity index (χ2v) is 4.01. The van der Waals surface area contributed by atoms with Crippen molar-refractivity contribution in [3.05, 3.63) is 0 Å². The van der Waals surface area contributed by atoms with E-state index in [0.717, 1.165) is 6.42 Å². The van der Waals surface area contributed by atoms with Gasteiger partial charge in [-0.1, -0.05) is 40.0 Å². The third-order valence-corrected chi connectivity index (χ3v) is 2.42. The molecule has 2 unspecified atom stereocenters. The molecule has 0 radical (unpaired) electrons.